The molecule has 0 N–H and O–H groups in total. The van der Waals surface area contributed by atoms with Crippen LogP contribution >= 0.6 is 11.3 Å². The molecule has 0 unspecified atom stereocenters. The average Bonchev–Trinajstić information content (AvgIpc) is 3.92. The summed E-state index contributed by atoms with van der Waals surface area (Å²) in [6.45, 7) is 4.72. The molecule has 284 valence electrons. The minimum absolute atomic E-state index is 0.0961. The van der Waals surface area contributed by atoms with Crippen molar-refractivity contribution in [3.8, 4) is 39.1 Å². The van der Waals surface area contributed by atoms with Crippen LogP contribution in [0.15, 0.2) is 206 Å². The third-order valence-corrected chi connectivity index (χ3v) is 14.0. The van der Waals surface area contributed by atoms with E-state index in [-0.39, 0.29) is 5.41 Å². The summed E-state index contributed by atoms with van der Waals surface area (Å²) in [7, 11) is 0. The van der Waals surface area contributed by atoms with Gasteiger partial charge in [-0.3, -0.25) is 0 Å². The van der Waals surface area contributed by atoms with Crippen LogP contribution < -0.4 is 4.90 Å². The van der Waals surface area contributed by atoms with Crippen molar-refractivity contribution in [1.29, 1.82) is 0 Å². The monoisotopic (exact) mass is 784 g/mol. The summed E-state index contributed by atoms with van der Waals surface area (Å²) in [6.07, 6.45) is 0. The molecule has 0 amide bonds. The first-order valence-electron chi connectivity index (χ1n) is 20.8. The Labute approximate surface area is 353 Å². The fourth-order valence-electron chi connectivity index (χ4n) is 9.87. The highest BCUT2D eigenvalue weighted by atomic mass is 32.1. The van der Waals surface area contributed by atoms with E-state index in [1.807, 2.05) is 11.3 Å². The summed E-state index contributed by atoms with van der Waals surface area (Å²) < 4.78 is 5.04. The van der Waals surface area contributed by atoms with Gasteiger partial charge in [0.05, 0.1) is 16.7 Å². The maximum absolute atomic E-state index is 2.43. The molecule has 0 bridgehead atoms. The number of hydrogen-bond acceptors (Lipinski definition) is 2. The summed E-state index contributed by atoms with van der Waals surface area (Å²) >= 11 is 1.86. The van der Waals surface area contributed by atoms with Crippen LogP contribution in [-0.2, 0) is 5.41 Å². The van der Waals surface area contributed by atoms with Gasteiger partial charge in [0.25, 0.3) is 0 Å². The molecule has 0 fully saturated rings. The molecule has 12 rings (SSSR count). The SMILES string of the molecule is CC1(C)c2ccccc2-c2ccc(N(c3ccc(-c4ccc(-c5ccccc5-n5c6ccccc6c6ccccc65)cc4)cc3)c3ccc4sc5ccccc5c4c3)cc21. The number of para-hydroxylation sites is 3. The summed E-state index contributed by atoms with van der Waals surface area (Å²) in [5.41, 5.74) is 17.2. The van der Waals surface area contributed by atoms with Gasteiger partial charge in [-0.25, -0.2) is 0 Å². The molecular weight excluding hydrogens is 745 g/mol. The molecule has 1 aliphatic rings. The first-order valence-corrected chi connectivity index (χ1v) is 21.6. The second kappa shape index (κ2) is 13.4. The van der Waals surface area contributed by atoms with E-state index in [1.165, 1.54) is 92.2 Å². The maximum atomic E-state index is 2.43. The normalized spacial score (nSPS) is 13.0. The lowest BCUT2D eigenvalue weighted by atomic mass is 9.82. The van der Waals surface area contributed by atoms with E-state index in [1.54, 1.807) is 0 Å². The van der Waals surface area contributed by atoms with Gasteiger partial charge >= 0.3 is 0 Å². The predicted molar refractivity (Wildman–Crippen MR) is 257 cm³/mol. The lowest BCUT2D eigenvalue weighted by Gasteiger charge is -2.28. The van der Waals surface area contributed by atoms with Crippen LogP contribution in [0.4, 0.5) is 17.1 Å². The number of aromatic nitrogens is 1. The van der Waals surface area contributed by atoms with E-state index in [0.29, 0.717) is 0 Å². The zero-order chi connectivity index (χ0) is 40.0. The molecule has 60 heavy (non-hydrogen) atoms. The molecule has 2 nitrogen and oxygen atoms in total. The van der Waals surface area contributed by atoms with Gasteiger partial charge in [0, 0.05) is 59.0 Å². The summed E-state index contributed by atoms with van der Waals surface area (Å²) in [5, 5.41) is 5.14. The molecule has 0 aliphatic heterocycles. The Morgan fingerprint density at radius 1 is 0.383 bits per heavy atom. The molecule has 3 heteroatoms. The Morgan fingerprint density at radius 2 is 0.900 bits per heavy atom. The molecule has 11 aromatic rings. The zero-order valence-corrected chi connectivity index (χ0v) is 34.2. The minimum Gasteiger partial charge on any atom is -0.310 e. The molecule has 0 spiro atoms. The molecular formula is C57H40N2S. The Bertz CT molecular complexity index is 3400. The Morgan fingerprint density at radius 3 is 1.65 bits per heavy atom. The van der Waals surface area contributed by atoms with Gasteiger partial charge in [0.1, 0.15) is 0 Å². The number of rotatable bonds is 6. The number of fused-ring (bicyclic) bond motifs is 9. The second-order valence-corrected chi connectivity index (χ2v) is 17.6. The van der Waals surface area contributed by atoms with Crippen molar-refractivity contribution in [2.75, 3.05) is 4.90 Å². The Balaban J connectivity index is 0.930. The number of nitrogens with zero attached hydrogens (tertiary/aromatic N) is 2. The highest BCUT2D eigenvalue weighted by Crippen LogP contribution is 2.51. The van der Waals surface area contributed by atoms with E-state index in [9.17, 15) is 0 Å². The molecule has 0 atom stereocenters. The quantitative estimate of drug-likeness (QED) is 0.163. The standard InChI is InChI=1S/C57H40N2S/c1-57(2)50-18-8-3-14-44(50)45-33-31-42(36-51(45)57)58(41-32-34-56-49(35-41)48-17-7-12-22-55(48)60-56)40-29-27-38(28-30-40)37-23-25-39(26-24-37)43-13-4-9-19-52(43)59-53-20-10-5-15-46(53)47-16-6-11-21-54(47)59/h3-36H,1-2H3. The topological polar surface area (TPSA) is 8.17 Å². The number of thiophene rings is 1. The van der Waals surface area contributed by atoms with Crippen molar-refractivity contribution in [2.45, 2.75) is 19.3 Å². The van der Waals surface area contributed by atoms with Crippen molar-refractivity contribution in [2.24, 2.45) is 0 Å². The molecule has 0 saturated carbocycles. The third-order valence-electron chi connectivity index (χ3n) is 12.8. The van der Waals surface area contributed by atoms with Crippen LogP contribution in [0.3, 0.4) is 0 Å². The maximum Gasteiger partial charge on any atom is 0.0541 e. The van der Waals surface area contributed by atoms with Crippen LogP contribution in [0.25, 0.3) is 81.0 Å². The van der Waals surface area contributed by atoms with Crippen molar-refractivity contribution < 1.29 is 0 Å². The van der Waals surface area contributed by atoms with Gasteiger partial charge in [-0.1, -0.05) is 153 Å². The van der Waals surface area contributed by atoms with E-state index < -0.39 is 0 Å². The van der Waals surface area contributed by atoms with Crippen LogP contribution in [0.5, 0.6) is 0 Å². The summed E-state index contributed by atoms with van der Waals surface area (Å²) in [5.74, 6) is 0. The Kier molecular flexibility index (Phi) is 7.79. The summed E-state index contributed by atoms with van der Waals surface area (Å²) in [6, 6.07) is 76.1. The molecule has 2 aromatic heterocycles. The lowest BCUT2D eigenvalue weighted by Crippen LogP contribution is -2.16. The van der Waals surface area contributed by atoms with Gasteiger partial charge < -0.3 is 9.47 Å². The minimum atomic E-state index is -0.0961. The van der Waals surface area contributed by atoms with Crippen LogP contribution in [0.1, 0.15) is 25.0 Å². The van der Waals surface area contributed by atoms with Gasteiger partial charge in [-0.05, 0) is 106 Å². The molecule has 2 heterocycles. The molecule has 1 aliphatic carbocycles. The number of benzene rings is 9. The van der Waals surface area contributed by atoms with Crippen molar-refractivity contribution >= 4 is 70.4 Å². The van der Waals surface area contributed by atoms with Crippen LogP contribution in [0.2, 0.25) is 0 Å². The predicted octanol–water partition coefficient (Wildman–Crippen LogP) is 16.3. The van der Waals surface area contributed by atoms with Gasteiger partial charge in [-0.2, -0.15) is 0 Å². The largest absolute Gasteiger partial charge is 0.310 e. The average molecular weight is 785 g/mol. The van der Waals surface area contributed by atoms with Crippen molar-refractivity contribution in [3.63, 3.8) is 0 Å². The van der Waals surface area contributed by atoms with Gasteiger partial charge in [0.2, 0.25) is 0 Å². The lowest BCUT2D eigenvalue weighted by molar-refractivity contribution is 0.660. The fraction of sp³-hybridized carbons (Fsp3) is 0.0526. The van der Waals surface area contributed by atoms with Gasteiger partial charge in [0.15, 0.2) is 0 Å². The van der Waals surface area contributed by atoms with E-state index >= 15 is 0 Å². The fourth-order valence-corrected chi connectivity index (χ4v) is 11.0. The van der Waals surface area contributed by atoms with E-state index in [2.05, 4.69) is 230 Å². The van der Waals surface area contributed by atoms with E-state index in [4.69, 9.17) is 0 Å². The van der Waals surface area contributed by atoms with Crippen LogP contribution in [-0.4, -0.2) is 4.57 Å². The van der Waals surface area contributed by atoms with Crippen molar-refractivity contribution in [3.05, 3.63) is 217 Å². The summed E-state index contributed by atoms with van der Waals surface area (Å²) in [4.78, 5) is 2.43. The molecule has 0 saturated heterocycles. The van der Waals surface area contributed by atoms with Gasteiger partial charge in [-0.15, -0.1) is 11.3 Å². The second-order valence-electron chi connectivity index (χ2n) is 16.5. The highest BCUT2D eigenvalue weighted by Gasteiger charge is 2.35. The Hall–Kier alpha value is -7.20. The third kappa shape index (κ3) is 5.33. The van der Waals surface area contributed by atoms with E-state index in [0.717, 1.165) is 17.1 Å². The molecule has 9 aromatic carbocycles. The number of hydrogen-bond donors (Lipinski definition) is 0. The first-order chi connectivity index (χ1) is 29.5. The first kappa shape index (κ1) is 34.8. The highest BCUT2D eigenvalue weighted by molar-refractivity contribution is 7.25. The number of anilines is 3. The zero-order valence-electron chi connectivity index (χ0n) is 33.4. The molecule has 0 radical (unpaired) electrons. The smallest absolute Gasteiger partial charge is 0.0541 e. The van der Waals surface area contributed by atoms with Crippen molar-refractivity contribution in [1.82, 2.24) is 4.57 Å². The van der Waals surface area contributed by atoms with Crippen LogP contribution in [0, 0.1) is 0 Å².